The zero-order valence-corrected chi connectivity index (χ0v) is 17.0. The summed E-state index contributed by atoms with van der Waals surface area (Å²) in [6.07, 6.45) is 5.72. The SMILES string of the molecule is CCCCN(CCO)C(=O)CCc1nc2sc3c(c2c(=O)[nH]1)CCC(C)C3. The smallest absolute Gasteiger partial charge is 0.259 e. The Morgan fingerprint density at radius 3 is 2.96 bits per heavy atom. The van der Waals surface area contributed by atoms with Crippen LogP contribution in [-0.2, 0) is 24.1 Å². The molecule has 1 unspecified atom stereocenters. The van der Waals surface area contributed by atoms with Gasteiger partial charge in [-0.3, -0.25) is 9.59 Å². The van der Waals surface area contributed by atoms with Gasteiger partial charge in [0.05, 0.1) is 12.0 Å². The van der Waals surface area contributed by atoms with Crippen molar-refractivity contribution in [2.24, 2.45) is 5.92 Å². The summed E-state index contributed by atoms with van der Waals surface area (Å²) < 4.78 is 0. The molecule has 3 rings (SSSR count). The third-order valence-electron chi connectivity index (χ3n) is 5.29. The molecular formula is C20H29N3O3S. The highest BCUT2D eigenvalue weighted by Crippen LogP contribution is 2.35. The number of amides is 1. The number of nitrogens with one attached hydrogen (secondary N) is 1. The number of nitrogens with zero attached hydrogens (tertiary/aromatic N) is 2. The lowest BCUT2D eigenvalue weighted by atomic mass is 9.89. The first kappa shape index (κ1) is 20.0. The van der Waals surface area contributed by atoms with Crippen molar-refractivity contribution in [2.45, 2.75) is 58.8 Å². The van der Waals surface area contributed by atoms with Crippen LogP contribution in [0.1, 0.15) is 55.8 Å². The lowest BCUT2D eigenvalue weighted by Crippen LogP contribution is -2.34. The number of aryl methyl sites for hydroxylation is 2. The number of H-pyrrole nitrogens is 1. The first-order valence-electron chi connectivity index (χ1n) is 9.95. The average molecular weight is 392 g/mol. The molecule has 1 amide bonds. The van der Waals surface area contributed by atoms with Crippen LogP contribution < -0.4 is 5.56 Å². The van der Waals surface area contributed by atoms with E-state index in [4.69, 9.17) is 0 Å². The number of unbranched alkanes of at least 4 members (excludes halogenated alkanes) is 1. The lowest BCUT2D eigenvalue weighted by molar-refractivity contribution is -0.131. The quantitative estimate of drug-likeness (QED) is 0.724. The van der Waals surface area contributed by atoms with Crippen LogP contribution in [0.3, 0.4) is 0 Å². The second-order valence-electron chi connectivity index (χ2n) is 7.50. The molecule has 27 heavy (non-hydrogen) atoms. The minimum absolute atomic E-state index is 0.000422. The summed E-state index contributed by atoms with van der Waals surface area (Å²) >= 11 is 1.63. The topological polar surface area (TPSA) is 86.3 Å². The van der Waals surface area contributed by atoms with Gasteiger partial charge in [0.25, 0.3) is 5.56 Å². The number of aliphatic hydroxyl groups is 1. The van der Waals surface area contributed by atoms with Crippen molar-refractivity contribution in [1.29, 1.82) is 0 Å². The molecule has 148 valence electrons. The Morgan fingerprint density at radius 1 is 1.41 bits per heavy atom. The third-order valence-corrected chi connectivity index (χ3v) is 6.44. The van der Waals surface area contributed by atoms with E-state index in [-0.39, 0.29) is 18.1 Å². The fourth-order valence-electron chi connectivity index (χ4n) is 3.73. The van der Waals surface area contributed by atoms with Crippen molar-refractivity contribution >= 4 is 27.5 Å². The molecule has 0 radical (unpaired) electrons. The molecule has 0 saturated heterocycles. The number of thiophene rings is 1. The first-order valence-corrected chi connectivity index (χ1v) is 10.8. The lowest BCUT2D eigenvalue weighted by Gasteiger charge is -2.21. The molecule has 0 bridgehead atoms. The molecule has 2 aromatic rings. The summed E-state index contributed by atoms with van der Waals surface area (Å²) in [4.78, 5) is 36.4. The molecule has 1 atom stereocenters. The van der Waals surface area contributed by atoms with Crippen LogP contribution in [0.2, 0.25) is 0 Å². The monoisotopic (exact) mass is 391 g/mol. The molecule has 2 aromatic heterocycles. The van der Waals surface area contributed by atoms with Crippen LogP contribution >= 0.6 is 11.3 Å². The Balaban J connectivity index is 1.74. The molecule has 0 aromatic carbocycles. The zero-order chi connectivity index (χ0) is 19.4. The van der Waals surface area contributed by atoms with E-state index in [1.54, 1.807) is 16.2 Å². The van der Waals surface area contributed by atoms with Gasteiger partial charge in [-0.25, -0.2) is 4.98 Å². The molecule has 0 spiro atoms. The maximum atomic E-state index is 12.6. The Bertz CT molecular complexity index is 858. The molecule has 0 fully saturated rings. The van der Waals surface area contributed by atoms with Crippen molar-refractivity contribution in [2.75, 3.05) is 19.7 Å². The largest absolute Gasteiger partial charge is 0.395 e. The first-order chi connectivity index (χ1) is 13.0. The van der Waals surface area contributed by atoms with Gasteiger partial charge in [-0.1, -0.05) is 20.3 Å². The summed E-state index contributed by atoms with van der Waals surface area (Å²) in [5.74, 6) is 1.23. The van der Waals surface area contributed by atoms with Crippen LogP contribution in [0.5, 0.6) is 0 Å². The third kappa shape index (κ3) is 4.58. The van der Waals surface area contributed by atoms with Crippen molar-refractivity contribution in [3.63, 3.8) is 0 Å². The molecule has 6 nitrogen and oxygen atoms in total. The molecular weight excluding hydrogens is 362 g/mol. The molecule has 7 heteroatoms. The number of carbonyl (C=O) groups excluding carboxylic acids is 1. The standard InChI is InChI=1S/C20H29N3O3S/c1-3-4-9-23(10-11-24)17(25)8-7-16-21-19(26)18-14-6-5-13(2)12-15(14)27-20(18)22-16/h13,24H,3-12H2,1-2H3,(H,21,22,26). The molecule has 0 saturated carbocycles. The maximum Gasteiger partial charge on any atom is 0.259 e. The Hall–Kier alpha value is -1.73. The van der Waals surface area contributed by atoms with E-state index in [1.807, 2.05) is 0 Å². The highest BCUT2D eigenvalue weighted by Gasteiger charge is 2.23. The number of carbonyl (C=O) groups is 1. The predicted molar refractivity (Wildman–Crippen MR) is 108 cm³/mol. The predicted octanol–water partition coefficient (Wildman–Crippen LogP) is 2.66. The number of rotatable bonds is 8. The van der Waals surface area contributed by atoms with E-state index >= 15 is 0 Å². The van der Waals surface area contributed by atoms with E-state index < -0.39 is 0 Å². The normalized spacial score (nSPS) is 16.5. The summed E-state index contributed by atoms with van der Waals surface area (Å²) in [6, 6.07) is 0. The number of aliphatic hydroxyl groups excluding tert-OH is 1. The van der Waals surface area contributed by atoms with Gasteiger partial charge in [-0.15, -0.1) is 11.3 Å². The minimum Gasteiger partial charge on any atom is -0.395 e. The molecule has 2 heterocycles. The second kappa shape index (κ2) is 8.97. The Morgan fingerprint density at radius 2 is 2.22 bits per heavy atom. The van der Waals surface area contributed by atoms with Gasteiger partial charge in [0.15, 0.2) is 0 Å². The Kier molecular flexibility index (Phi) is 6.65. The number of aromatic amines is 1. The van der Waals surface area contributed by atoms with Gasteiger partial charge in [0, 0.05) is 30.8 Å². The molecule has 1 aliphatic rings. The van der Waals surface area contributed by atoms with Crippen LogP contribution in [0.15, 0.2) is 4.79 Å². The summed E-state index contributed by atoms with van der Waals surface area (Å²) in [7, 11) is 0. The van der Waals surface area contributed by atoms with Crippen molar-refractivity contribution in [3.05, 3.63) is 26.6 Å². The van der Waals surface area contributed by atoms with E-state index in [9.17, 15) is 14.7 Å². The van der Waals surface area contributed by atoms with Gasteiger partial charge in [-0.05, 0) is 37.2 Å². The molecule has 1 aliphatic carbocycles. The molecule has 2 N–H and O–H groups in total. The van der Waals surface area contributed by atoms with Crippen LogP contribution in [0.4, 0.5) is 0 Å². The second-order valence-corrected chi connectivity index (χ2v) is 8.59. The van der Waals surface area contributed by atoms with E-state index in [0.29, 0.717) is 37.7 Å². The summed E-state index contributed by atoms with van der Waals surface area (Å²) in [6.45, 7) is 5.31. The fourth-order valence-corrected chi connectivity index (χ4v) is 5.13. The van der Waals surface area contributed by atoms with Crippen LogP contribution in [0.25, 0.3) is 10.2 Å². The zero-order valence-electron chi connectivity index (χ0n) is 16.2. The van der Waals surface area contributed by atoms with E-state index in [1.165, 1.54) is 10.4 Å². The number of hydrogen-bond acceptors (Lipinski definition) is 5. The van der Waals surface area contributed by atoms with Crippen molar-refractivity contribution in [1.82, 2.24) is 14.9 Å². The summed E-state index contributed by atoms with van der Waals surface area (Å²) in [5, 5.41) is 9.92. The Labute approximate surface area is 163 Å². The minimum atomic E-state index is -0.0762. The van der Waals surface area contributed by atoms with Crippen LogP contribution in [-0.4, -0.2) is 45.6 Å². The average Bonchev–Trinajstić information content (AvgIpc) is 3.00. The number of hydrogen-bond donors (Lipinski definition) is 2. The van der Waals surface area contributed by atoms with E-state index in [0.717, 1.165) is 42.3 Å². The highest BCUT2D eigenvalue weighted by molar-refractivity contribution is 7.18. The highest BCUT2D eigenvalue weighted by atomic mass is 32.1. The summed E-state index contributed by atoms with van der Waals surface area (Å²) in [5.41, 5.74) is 1.10. The number of fused-ring (bicyclic) bond motifs is 3. The van der Waals surface area contributed by atoms with Gasteiger partial charge >= 0.3 is 0 Å². The van der Waals surface area contributed by atoms with Crippen molar-refractivity contribution < 1.29 is 9.90 Å². The van der Waals surface area contributed by atoms with Crippen molar-refractivity contribution in [3.8, 4) is 0 Å². The fraction of sp³-hybridized carbons (Fsp3) is 0.650. The van der Waals surface area contributed by atoms with Gasteiger partial charge in [0.1, 0.15) is 10.7 Å². The molecule has 0 aliphatic heterocycles. The van der Waals surface area contributed by atoms with Crippen LogP contribution in [0, 0.1) is 5.92 Å². The van der Waals surface area contributed by atoms with E-state index in [2.05, 4.69) is 23.8 Å². The van der Waals surface area contributed by atoms with Gasteiger partial charge in [-0.2, -0.15) is 0 Å². The maximum absolute atomic E-state index is 12.6. The van der Waals surface area contributed by atoms with Gasteiger partial charge in [0.2, 0.25) is 5.91 Å². The van der Waals surface area contributed by atoms with Gasteiger partial charge < -0.3 is 15.0 Å². The number of aromatic nitrogens is 2.